The third-order valence-electron chi connectivity index (χ3n) is 3.69. The minimum Gasteiger partial charge on any atom is -0.468 e. The molecule has 0 amide bonds. The van der Waals surface area contributed by atoms with Gasteiger partial charge in [0.1, 0.15) is 17.0 Å². The molecule has 6 nitrogen and oxygen atoms in total. The molecule has 0 N–H and O–H groups in total. The van der Waals surface area contributed by atoms with Crippen molar-refractivity contribution in [1.82, 2.24) is 0 Å². The number of hydrogen-bond donors (Lipinski definition) is 0. The van der Waals surface area contributed by atoms with Gasteiger partial charge in [-0.05, 0) is 77.9 Å². The van der Waals surface area contributed by atoms with Gasteiger partial charge in [0.05, 0.1) is 24.0 Å². The summed E-state index contributed by atoms with van der Waals surface area (Å²) >= 11 is 1.01. The van der Waals surface area contributed by atoms with E-state index >= 15 is 0 Å². The molecule has 0 aliphatic heterocycles. The van der Waals surface area contributed by atoms with Gasteiger partial charge in [0.25, 0.3) is 0 Å². The first-order valence-corrected chi connectivity index (χ1v) is 11.4. The van der Waals surface area contributed by atoms with Gasteiger partial charge in [-0.2, -0.15) is 0 Å². The molecule has 0 fully saturated rings. The smallest absolute Gasteiger partial charge is 0.338 e. The van der Waals surface area contributed by atoms with Crippen LogP contribution in [0.15, 0.2) is 41.3 Å². The number of ether oxygens (including phenoxy) is 3. The van der Waals surface area contributed by atoms with Gasteiger partial charge in [0.2, 0.25) is 0 Å². The van der Waals surface area contributed by atoms with E-state index in [0.29, 0.717) is 0 Å². The molecule has 192 valence electrons. The maximum absolute atomic E-state index is 13.8. The number of methoxy groups -OCH3 is 1. The summed E-state index contributed by atoms with van der Waals surface area (Å²) in [6, 6.07) is 6.93. The standard InChI is InChI=1S/C14H17FO4S.C11H12F2O2/c1-14(2,3)19-13(17)9-5-6-11(10(15)7-9)20-8-12(16)18-4;1-11(2,3)15-10(14)7-4-5-8(12)9(13)6-7/h5-7H,8H2,1-4H3;4-6H,1-3H3. The lowest BCUT2D eigenvalue weighted by Crippen LogP contribution is -2.24. The number of hydrogen-bond acceptors (Lipinski definition) is 7. The van der Waals surface area contributed by atoms with Gasteiger partial charge < -0.3 is 14.2 Å². The summed E-state index contributed by atoms with van der Waals surface area (Å²) in [5.41, 5.74) is -1.14. The topological polar surface area (TPSA) is 78.9 Å². The molecule has 35 heavy (non-hydrogen) atoms. The SMILES string of the molecule is CC(C)(C)OC(=O)c1ccc(F)c(F)c1.COC(=O)CSc1ccc(C(=O)OC(C)(C)C)cc1F. The molecule has 0 radical (unpaired) electrons. The predicted molar refractivity (Wildman–Crippen MR) is 126 cm³/mol. The molecule has 0 unspecified atom stereocenters. The molecule has 0 bridgehead atoms. The lowest BCUT2D eigenvalue weighted by Gasteiger charge is -2.19. The largest absolute Gasteiger partial charge is 0.468 e. The van der Waals surface area contributed by atoms with Crippen molar-refractivity contribution in [2.45, 2.75) is 57.6 Å². The van der Waals surface area contributed by atoms with E-state index in [4.69, 9.17) is 9.47 Å². The molecule has 2 rings (SSSR count). The number of rotatable bonds is 5. The Bertz CT molecular complexity index is 1060. The zero-order valence-corrected chi connectivity index (χ0v) is 21.5. The van der Waals surface area contributed by atoms with E-state index in [-0.39, 0.29) is 21.8 Å². The van der Waals surface area contributed by atoms with Gasteiger partial charge in [-0.1, -0.05) is 0 Å². The van der Waals surface area contributed by atoms with Crippen LogP contribution in [0, 0.1) is 17.5 Å². The van der Waals surface area contributed by atoms with Crippen molar-refractivity contribution in [1.29, 1.82) is 0 Å². The molecule has 0 spiro atoms. The van der Waals surface area contributed by atoms with Crippen LogP contribution in [-0.2, 0) is 19.0 Å². The van der Waals surface area contributed by atoms with Crippen molar-refractivity contribution >= 4 is 29.7 Å². The number of benzene rings is 2. The Morgan fingerprint density at radius 2 is 1.20 bits per heavy atom. The maximum Gasteiger partial charge on any atom is 0.338 e. The van der Waals surface area contributed by atoms with E-state index in [2.05, 4.69) is 4.74 Å². The van der Waals surface area contributed by atoms with Crippen molar-refractivity contribution in [3.8, 4) is 0 Å². The van der Waals surface area contributed by atoms with Crippen LogP contribution in [0.4, 0.5) is 13.2 Å². The highest BCUT2D eigenvalue weighted by molar-refractivity contribution is 8.00. The quantitative estimate of drug-likeness (QED) is 0.276. The fraction of sp³-hybridized carbons (Fsp3) is 0.400. The van der Waals surface area contributed by atoms with Crippen LogP contribution in [0.25, 0.3) is 0 Å². The van der Waals surface area contributed by atoms with Crippen LogP contribution in [0.3, 0.4) is 0 Å². The number of esters is 3. The van der Waals surface area contributed by atoms with Gasteiger partial charge in [0, 0.05) is 4.90 Å². The summed E-state index contributed by atoms with van der Waals surface area (Å²) in [7, 11) is 1.27. The first-order chi connectivity index (χ1) is 16.0. The van der Waals surface area contributed by atoms with E-state index in [1.165, 1.54) is 25.3 Å². The Hall–Kier alpha value is -3.01. The number of carbonyl (C=O) groups excluding carboxylic acids is 3. The second-order valence-corrected chi connectivity index (χ2v) is 10.2. The lowest BCUT2D eigenvalue weighted by atomic mass is 10.1. The molecule has 2 aromatic rings. The minimum absolute atomic E-state index is 0.00354. The third kappa shape index (κ3) is 11.3. The minimum atomic E-state index is -1.06. The van der Waals surface area contributed by atoms with Crippen LogP contribution in [0.1, 0.15) is 62.3 Å². The van der Waals surface area contributed by atoms with Gasteiger partial charge >= 0.3 is 17.9 Å². The molecule has 0 saturated carbocycles. The molecule has 0 heterocycles. The van der Waals surface area contributed by atoms with Gasteiger partial charge in [-0.15, -0.1) is 11.8 Å². The molecule has 2 aromatic carbocycles. The fourth-order valence-electron chi connectivity index (χ4n) is 2.24. The highest BCUT2D eigenvalue weighted by Crippen LogP contribution is 2.24. The molecule has 0 atom stereocenters. The van der Waals surface area contributed by atoms with Crippen molar-refractivity contribution in [3.63, 3.8) is 0 Å². The lowest BCUT2D eigenvalue weighted by molar-refractivity contribution is -0.137. The first kappa shape index (κ1) is 30.0. The van der Waals surface area contributed by atoms with Crippen LogP contribution in [0.2, 0.25) is 0 Å². The first-order valence-electron chi connectivity index (χ1n) is 10.4. The predicted octanol–water partition coefficient (Wildman–Crippen LogP) is 5.97. The number of halogens is 3. The van der Waals surface area contributed by atoms with Crippen molar-refractivity contribution in [3.05, 3.63) is 65.0 Å². The van der Waals surface area contributed by atoms with Crippen LogP contribution in [-0.4, -0.2) is 42.0 Å². The van der Waals surface area contributed by atoms with Crippen LogP contribution in [0.5, 0.6) is 0 Å². The van der Waals surface area contributed by atoms with E-state index < -0.39 is 46.6 Å². The highest BCUT2D eigenvalue weighted by Gasteiger charge is 2.20. The number of carbonyl (C=O) groups is 3. The van der Waals surface area contributed by atoms with E-state index in [1.807, 2.05) is 0 Å². The summed E-state index contributed by atoms with van der Waals surface area (Å²) in [6.45, 7) is 10.3. The normalized spacial score (nSPS) is 11.1. The van der Waals surface area contributed by atoms with Crippen molar-refractivity contribution in [2.75, 3.05) is 12.9 Å². The molecule has 0 aliphatic carbocycles. The van der Waals surface area contributed by atoms with Crippen molar-refractivity contribution in [2.24, 2.45) is 0 Å². The summed E-state index contributed by atoms with van der Waals surface area (Å²) in [5.74, 6) is -4.28. The Labute approximate surface area is 207 Å². The maximum atomic E-state index is 13.8. The highest BCUT2D eigenvalue weighted by atomic mass is 32.2. The Kier molecular flexibility index (Phi) is 10.8. The summed E-state index contributed by atoms with van der Waals surface area (Å²) in [6.07, 6.45) is 0. The molecule has 0 saturated heterocycles. The third-order valence-corrected chi connectivity index (χ3v) is 4.72. The second-order valence-electron chi connectivity index (χ2n) is 9.14. The second kappa shape index (κ2) is 12.6. The summed E-state index contributed by atoms with van der Waals surface area (Å²) in [4.78, 5) is 34.4. The van der Waals surface area contributed by atoms with Gasteiger partial charge in [0.15, 0.2) is 11.6 Å². The van der Waals surface area contributed by atoms with Crippen molar-refractivity contribution < 1.29 is 41.8 Å². The molecular weight excluding hydrogens is 485 g/mol. The zero-order valence-electron chi connectivity index (χ0n) is 20.7. The monoisotopic (exact) mass is 514 g/mol. The van der Waals surface area contributed by atoms with E-state index in [1.54, 1.807) is 41.5 Å². The van der Waals surface area contributed by atoms with E-state index in [9.17, 15) is 27.6 Å². The Morgan fingerprint density at radius 1 is 0.743 bits per heavy atom. The molecular formula is C25H29F3O6S. The van der Waals surface area contributed by atoms with Gasteiger partial charge in [-0.25, -0.2) is 22.8 Å². The Morgan fingerprint density at radius 3 is 1.60 bits per heavy atom. The summed E-state index contributed by atoms with van der Waals surface area (Å²) < 4.78 is 53.8. The molecule has 0 aromatic heterocycles. The Balaban J connectivity index is 0.000000365. The average Bonchev–Trinajstić information content (AvgIpc) is 2.72. The summed E-state index contributed by atoms with van der Waals surface area (Å²) in [5, 5.41) is 0. The van der Waals surface area contributed by atoms with Gasteiger partial charge in [-0.3, -0.25) is 4.79 Å². The number of thioether (sulfide) groups is 1. The van der Waals surface area contributed by atoms with E-state index in [0.717, 1.165) is 30.0 Å². The van der Waals surface area contributed by atoms with Crippen LogP contribution < -0.4 is 0 Å². The fourth-order valence-corrected chi connectivity index (χ4v) is 2.99. The molecule has 0 aliphatic rings. The zero-order chi connectivity index (χ0) is 27.0. The average molecular weight is 515 g/mol. The molecule has 10 heteroatoms. The van der Waals surface area contributed by atoms with Crippen LogP contribution >= 0.6 is 11.8 Å².